The van der Waals surface area contributed by atoms with Crippen molar-refractivity contribution in [1.29, 1.82) is 0 Å². The van der Waals surface area contributed by atoms with Crippen molar-refractivity contribution < 1.29 is 26.2 Å². The lowest BCUT2D eigenvalue weighted by molar-refractivity contribution is 0.0699. The topological polar surface area (TPSA) is 78.9 Å². The first-order valence-corrected chi connectivity index (χ1v) is 10.7. The van der Waals surface area contributed by atoms with E-state index in [1.165, 1.54) is 24.3 Å². The smallest absolute Gasteiger partial charge is 0.307 e. The van der Waals surface area contributed by atoms with E-state index in [1.807, 2.05) is 0 Å². The summed E-state index contributed by atoms with van der Waals surface area (Å²) in [6, 6.07) is 7.22. The van der Waals surface area contributed by atoms with E-state index in [9.17, 15) is 13.0 Å². The summed E-state index contributed by atoms with van der Waals surface area (Å²) in [4.78, 5) is -0.170. The molecule has 1 saturated heterocycles. The lowest BCUT2D eigenvalue weighted by atomic mass is 10.3. The minimum Gasteiger partial charge on any atom is -0.307 e. The number of halogens is 3. The second-order valence-corrected chi connectivity index (χ2v) is 10.8. The molecule has 1 aliphatic rings. The average molecular weight is 424 g/mol. The fourth-order valence-electron chi connectivity index (χ4n) is 1.85. The van der Waals surface area contributed by atoms with Gasteiger partial charge in [0.25, 0.3) is 10.1 Å². The molecule has 23 heavy (non-hydrogen) atoms. The van der Waals surface area contributed by atoms with Crippen LogP contribution in [0, 0.1) is 0 Å². The van der Waals surface area contributed by atoms with E-state index in [0.717, 1.165) is 0 Å². The maximum absolute atomic E-state index is 12.8. The van der Waals surface area contributed by atoms with Gasteiger partial charge >= 0.3 is 7.60 Å². The third kappa shape index (κ3) is 4.83. The molecule has 2 rings (SSSR count). The molecule has 0 unspecified atom stereocenters. The molecular weight excluding hydrogens is 410 g/mol. The highest BCUT2D eigenvalue weighted by atomic mass is 35.6. The van der Waals surface area contributed by atoms with E-state index >= 15 is 0 Å². The number of alkyl halides is 3. The summed E-state index contributed by atoms with van der Waals surface area (Å²) in [5.41, 5.74) is 0. The van der Waals surface area contributed by atoms with Gasteiger partial charge in [0.15, 0.2) is 0 Å². The molecule has 0 saturated carbocycles. The summed E-state index contributed by atoms with van der Waals surface area (Å²) in [5.74, 6) is -1.92. The molecule has 6 nitrogen and oxygen atoms in total. The third-order valence-corrected chi connectivity index (χ3v) is 7.69. The zero-order chi connectivity index (χ0) is 17.3. The molecule has 1 aliphatic heterocycles. The van der Waals surface area contributed by atoms with E-state index < -0.39 is 33.5 Å². The first kappa shape index (κ1) is 19.5. The molecule has 0 amide bonds. The van der Waals surface area contributed by atoms with Crippen LogP contribution in [0.2, 0.25) is 0 Å². The van der Waals surface area contributed by atoms with Gasteiger partial charge in [0.2, 0.25) is 9.64 Å². The van der Waals surface area contributed by atoms with Crippen LogP contribution in [0.3, 0.4) is 0 Å². The van der Waals surface area contributed by atoms with Crippen molar-refractivity contribution in [2.45, 2.75) is 34.0 Å². The van der Waals surface area contributed by atoms with Crippen LogP contribution in [0.15, 0.2) is 35.2 Å². The van der Waals surface area contributed by atoms with Crippen LogP contribution in [0.4, 0.5) is 0 Å². The van der Waals surface area contributed by atoms with Gasteiger partial charge in [0, 0.05) is 0 Å². The second kappa shape index (κ2) is 7.18. The molecule has 0 bridgehead atoms. The van der Waals surface area contributed by atoms with E-state index in [0.29, 0.717) is 6.42 Å². The molecule has 0 aromatic heterocycles. The van der Waals surface area contributed by atoms with Crippen molar-refractivity contribution in [2.75, 3.05) is 6.61 Å². The normalized spacial score (nSPS) is 27.6. The second-order valence-electron chi connectivity index (χ2n) is 4.84. The minimum atomic E-state index is -4.33. The Bertz CT molecular complexity index is 690. The van der Waals surface area contributed by atoms with Gasteiger partial charge in [-0.2, -0.15) is 8.42 Å². The van der Waals surface area contributed by atoms with Gasteiger partial charge in [0.05, 0.1) is 17.6 Å². The molecular formula is C12H14Cl3O6PS. The first-order valence-electron chi connectivity index (χ1n) is 6.52. The molecule has 0 spiro atoms. The van der Waals surface area contributed by atoms with Crippen LogP contribution in [-0.2, 0) is 27.9 Å². The van der Waals surface area contributed by atoms with Gasteiger partial charge in [-0.15, -0.1) is 0 Å². The zero-order valence-electron chi connectivity index (χ0n) is 11.9. The highest BCUT2D eigenvalue weighted by Gasteiger charge is 2.54. The summed E-state index contributed by atoms with van der Waals surface area (Å²) < 4.78 is 50.4. The number of rotatable bonds is 4. The SMILES string of the molecule is C[C@@H]1CCO[P@@](=O)([C@H](OS(=O)(=O)c2ccccc2)C(Cl)(Cl)Cl)O1. The van der Waals surface area contributed by atoms with Gasteiger partial charge in [-0.25, -0.2) is 4.18 Å². The Balaban J connectivity index is 2.36. The molecule has 1 aromatic carbocycles. The van der Waals surface area contributed by atoms with E-state index in [4.69, 9.17) is 48.0 Å². The molecule has 1 aromatic rings. The summed E-state index contributed by atoms with van der Waals surface area (Å²) >= 11 is 17.3. The van der Waals surface area contributed by atoms with E-state index in [2.05, 4.69) is 0 Å². The zero-order valence-corrected chi connectivity index (χ0v) is 15.9. The molecule has 1 fully saturated rings. The van der Waals surface area contributed by atoms with Gasteiger partial charge in [0.1, 0.15) is 0 Å². The summed E-state index contributed by atoms with van der Waals surface area (Å²) in [7, 11) is -8.45. The molecule has 1 heterocycles. The number of benzene rings is 1. The van der Waals surface area contributed by atoms with Crippen LogP contribution in [-0.4, -0.2) is 30.8 Å². The van der Waals surface area contributed by atoms with Crippen LogP contribution in [0.5, 0.6) is 0 Å². The summed E-state index contributed by atoms with van der Waals surface area (Å²) in [6.45, 7) is 1.72. The van der Waals surface area contributed by atoms with Crippen molar-refractivity contribution in [2.24, 2.45) is 0 Å². The first-order chi connectivity index (χ1) is 10.5. The molecule has 130 valence electrons. The Morgan fingerprint density at radius 1 is 1.30 bits per heavy atom. The molecule has 0 radical (unpaired) electrons. The summed E-state index contributed by atoms with van der Waals surface area (Å²) in [5, 5.41) is 0. The van der Waals surface area contributed by atoms with Crippen molar-refractivity contribution in [3.05, 3.63) is 30.3 Å². The predicted molar refractivity (Wildman–Crippen MR) is 87.5 cm³/mol. The largest absolute Gasteiger partial charge is 0.365 e. The molecule has 0 aliphatic carbocycles. The Kier molecular flexibility index (Phi) is 6.08. The van der Waals surface area contributed by atoms with Crippen LogP contribution in [0.25, 0.3) is 0 Å². The number of hydrogen-bond donors (Lipinski definition) is 0. The van der Waals surface area contributed by atoms with Crippen LogP contribution >= 0.6 is 42.4 Å². The van der Waals surface area contributed by atoms with Crippen molar-refractivity contribution in [3.8, 4) is 0 Å². The maximum Gasteiger partial charge on any atom is 0.365 e. The molecule has 3 atom stereocenters. The van der Waals surface area contributed by atoms with Gasteiger partial charge in [-0.3, -0.25) is 4.57 Å². The van der Waals surface area contributed by atoms with E-state index in [1.54, 1.807) is 13.0 Å². The van der Waals surface area contributed by atoms with E-state index in [-0.39, 0.29) is 11.5 Å². The Hall–Kier alpha value is 0.150. The van der Waals surface area contributed by atoms with Crippen molar-refractivity contribution in [1.82, 2.24) is 0 Å². The lowest BCUT2D eigenvalue weighted by Gasteiger charge is -2.35. The fourth-order valence-corrected chi connectivity index (χ4v) is 6.60. The summed E-state index contributed by atoms with van der Waals surface area (Å²) in [6.07, 6.45) is 0.0228. The maximum atomic E-state index is 12.8. The van der Waals surface area contributed by atoms with Gasteiger partial charge < -0.3 is 9.05 Å². The Morgan fingerprint density at radius 2 is 1.91 bits per heavy atom. The fraction of sp³-hybridized carbons (Fsp3) is 0.500. The standard InChI is InChI=1S/C12H14Cl3O6PS/c1-9-7-8-19-22(16,20-9)11(12(13,14)15)21-23(17,18)10-5-3-2-4-6-10/h2-6,9,11H,7-8H2,1H3/t9-,11+,22+/m1/s1. The van der Waals surface area contributed by atoms with Gasteiger partial charge in [-0.05, 0) is 25.5 Å². The van der Waals surface area contributed by atoms with Gasteiger partial charge in [-0.1, -0.05) is 53.0 Å². The Labute approximate surface area is 149 Å². The number of hydrogen-bond acceptors (Lipinski definition) is 6. The molecule has 0 N–H and O–H groups in total. The highest BCUT2D eigenvalue weighted by Crippen LogP contribution is 2.63. The lowest BCUT2D eigenvalue weighted by Crippen LogP contribution is -2.35. The third-order valence-electron chi connectivity index (χ3n) is 2.94. The van der Waals surface area contributed by atoms with Crippen LogP contribution in [0.1, 0.15) is 13.3 Å². The quantitative estimate of drug-likeness (QED) is 0.412. The van der Waals surface area contributed by atoms with Crippen molar-refractivity contribution >= 4 is 52.5 Å². The Morgan fingerprint density at radius 3 is 2.43 bits per heavy atom. The van der Waals surface area contributed by atoms with Crippen molar-refractivity contribution in [3.63, 3.8) is 0 Å². The minimum absolute atomic E-state index is 0.0738. The highest BCUT2D eigenvalue weighted by molar-refractivity contribution is 7.87. The predicted octanol–water partition coefficient (Wildman–Crippen LogP) is 4.11. The molecule has 11 heteroatoms. The monoisotopic (exact) mass is 422 g/mol. The average Bonchev–Trinajstić information content (AvgIpc) is 2.44. The van der Waals surface area contributed by atoms with Crippen LogP contribution < -0.4 is 0 Å².